The molecule has 2 atom stereocenters. The lowest BCUT2D eigenvalue weighted by Crippen LogP contribution is -2.13. The zero-order valence-electron chi connectivity index (χ0n) is 9.41. The third-order valence-electron chi connectivity index (χ3n) is 3.26. The largest absolute Gasteiger partial charge is 0.485 e. The van der Waals surface area contributed by atoms with Gasteiger partial charge in [-0.05, 0) is 11.6 Å². The standard InChI is InChI=1S/C15H14O2/c16-10-13-12-8-4-5-9-14(12)17-15(13)11-6-2-1-3-7-11/h1-9,13,15-16H,10H2/t13-,15+/m1/s1. The molecule has 2 heteroatoms. The van der Waals surface area contributed by atoms with E-state index in [4.69, 9.17) is 4.74 Å². The SMILES string of the molecule is OC[C@@H]1c2ccccc2O[C@H]1c1ccccc1. The van der Waals surface area contributed by atoms with E-state index in [1.54, 1.807) is 0 Å². The summed E-state index contributed by atoms with van der Waals surface area (Å²) in [6, 6.07) is 18.0. The van der Waals surface area contributed by atoms with E-state index in [9.17, 15) is 5.11 Å². The van der Waals surface area contributed by atoms with Crippen LogP contribution in [0.3, 0.4) is 0 Å². The lowest BCUT2D eigenvalue weighted by Gasteiger charge is -2.17. The van der Waals surface area contributed by atoms with Crippen molar-refractivity contribution in [3.8, 4) is 5.75 Å². The predicted octanol–water partition coefficient (Wildman–Crippen LogP) is 2.90. The van der Waals surface area contributed by atoms with Crippen LogP contribution in [0.4, 0.5) is 0 Å². The average Bonchev–Trinajstić information content (AvgIpc) is 2.78. The van der Waals surface area contributed by atoms with Crippen molar-refractivity contribution < 1.29 is 9.84 Å². The average molecular weight is 226 g/mol. The van der Waals surface area contributed by atoms with Crippen LogP contribution < -0.4 is 4.74 Å². The van der Waals surface area contributed by atoms with Crippen molar-refractivity contribution in [3.63, 3.8) is 0 Å². The van der Waals surface area contributed by atoms with Crippen LogP contribution in [-0.2, 0) is 0 Å². The fourth-order valence-corrected chi connectivity index (χ4v) is 2.41. The van der Waals surface area contributed by atoms with Crippen LogP contribution in [-0.4, -0.2) is 11.7 Å². The van der Waals surface area contributed by atoms with Gasteiger partial charge in [0.05, 0.1) is 12.5 Å². The van der Waals surface area contributed by atoms with Crippen LogP contribution in [0.5, 0.6) is 5.75 Å². The molecule has 3 rings (SSSR count). The molecule has 0 saturated heterocycles. The lowest BCUT2D eigenvalue weighted by atomic mass is 9.92. The van der Waals surface area contributed by atoms with E-state index in [0.717, 1.165) is 16.9 Å². The van der Waals surface area contributed by atoms with Gasteiger partial charge in [0, 0.05) is 5.56 Å². The van der Waals surface area contributed by atoms with Gasteiger partial charge < -0.3 is 9.84 Å². The van der Waals surface area contributed by atoms with E-state index in [0.29, 0.717) is 0 Å². The van der Waals surface area contributed by atoms with Crippen LogP contribution in [0.1, 0.15) is 23.1 Å². The van der Waals surface area contributed by atoms with Gasteiger partial charge in [-0.2, -0.15) is 0 Å². The quantitative estimate of drug-likeness (QED) is 0.853. The molecule has 0 amide bonds. The van der Waals surface area contributed by atoms with Gasteiger partial charge in [-0.25, -0.2) is 0 Å². The van der Waals surface area contributed by atoms with Gasteiger partial charge in [-0.1, -0.05) is 48.5 Å². The monoisotopic (exact) mass is 226 g/mol. The van der Waals surface area contributed by atoms with Gasteiger partial charge in [0.2, 0.25) is 0 Å². The minimum Gasteiger partial charge on any atom is -0.485 e. The molecule has 1 N–H and O–H groups in total. The van der Waals surface area contributed by atoms with Crippen molar-refractivity contribution in [2.24, 2.45) is 0 Å². The second-order valence-corrected chi connectivity index (χ2v) is 4.28. The van der Waals surface area contributed by atoms with Gasteiger partial charge >= 0.3 is 0 Å². The number of ether oxygens (including phenoxy) is 1. The number of benzene rings is 2. The van der Waals surface area contributed by atoms with Gasteiger partial charge in [-0.3, -0.25) is 0 Å². The molecule has 17 heavy (non-hydrogen) atoms. The van der Waals surface area contributed by atoms with E-state index < -0.39 is 0 Å². The van der Waals surface area contributed by atoms with E-state index in [1.807, 2.05) is 54.6 Å². The number of fused-ring (bicyclic) bond motifs is 1. The highest BCUT2D eigenvalue weighted by molar-refractivity contribution is 5.43. The number of hydrogen-bond acceptors (Lipinski definition) is 2. The molecule has 0 bridgehead atoms. The zero-order chi connectivity index (χ0) is 11.7. The molecule has 0 saturated carbocycles. The minimum atomic E-state index is -0.0707. The Kier molecular flexibility index (Phi) is 2.57. The molecule has 2 nitrogen and oxygen atoms in total. The molecule has 0 fully saturated rings. The Labute approximate surface area is 100 Å². The van der Waals surface area contributed by atoms with E-state index in [-0.39, 0.29) is 18.6 Å². The van der Waals surface area contributed by atoms with Crippen molar-refractivity contribution in [2.45, 2.75) is 12.0 Å². The van der Waals surface area contributed by atoms with Gasteiger partial charge in [0.25, 0.3) is 0 Å². The van der Waals surface area contributed by atoms with Crippen molar-refractivity contribution in [1.82, 2.24) is 0 Å². The summed E-state index contributed by atoms with van der Waals surface area (Å²) < 4.78 is 5.94. The first-order chi connectivity index (χ1) is 8.40. The molecule has 2 aromatic rings. The van der Waals surface area contributed by atoms with Crippen LogP contribution in [0, 0.1) is 0 Å². The summed E-state index contributed by atoms with van der Waals surface area (Å²) in [4.78, 5) is 0. The highest BCUT2D eigenvalue weighted by Crippen LogP contribution is 2.45. The number of aliphatic hydroxyl groups is 1. The molecule has 0 aromatic heterocycles. The highest BCUT2D eigenvalue weighted by Gasteiger charge is 2.34. The molecule has 0 unspecified atom stereocenters. The number of rotatable bonds is 2. The summed E-state index contributed by atoms with van der Waals surface area (Å²) in [5, 5.41) is 9.56. The predicted molar refractivity (Wildman–Crippen MR) is 66.1 cm³/mol. The lowest BCUT2D eigenvalue weighted by molar-refractivity contribution is 0.160. The summed E-state index contributed by atoms with van der Waals surface area (Å²) in [6.45, 7) is 0.108. The number of para-hydroxylation sites is 1. The molecule has 0 radical (unpaired) electrons. The maximum atomic E-state index is 9.56. The van der Waals surface area contributed by atoms with Crippen molar-refractivity contribution in [1.29, 1.82) is 0 Å². The zero-order valence-corrected chi connectivity index (χ0v) is 9.41. The van der Waals surface area contributed by atoms with E-state index in [1.165, 1.54) is 0 Å². The van der Waals surface area contributed by atoms with Crippen LogP contribution in [0.2, 0.25) is 0 Å². The van der Waals surface area contributed by atoms with Crippen molar-refractivity contribution in [3.05, 3.63) is 65.7 Å². The Morgan fingerprint density at radius 2 is 1.65 bits per heavy atom. The highest BCUT2D eigenvalue weighted by atomic mass is 16.5. The first kappa shape index (κ1) is 10.4. The fourth-order valence-electron chi connectivity index (χ4n) is 2.41. The maximum Gasteiger partial charge on any atom is 0.133 e. The third kappa shape index (κ3) is 1.71. The Hall–Kier alpha value is -1.80. The maximum absolute atomic E-state index is 9.56. The molecule has 1 aliphatic rings. The van der Waals surface area contributed by atoms with E-state index in [2.05, 4.69) is 0 Å². The first-order valence-corrected chi connectivity index (χ1v) is 5.81. The Morgan fingerprint density at radius 1 is 0.941 bits per heavy atom. The summed E-state index contributed by atoms with van der Waals surface area (Å²) in [5.41, 5.74) is 2.21. The van der Waals surface area contributed by atoms with Crippen LogP contribution in [0.15, 0.2) is 54.6 Å². The molecular formula is C15H14O2. The van der Waals surface area contributed by atoms with Crippen LogP contribution >= 0.6 is 0 Å². The van der Waals surface area contributed by atoms with E-state index >= 15 is 0 Å². The minimum absolute atomic E-state index is 0.0357. The third-order valence-corrected chi connectivity index (χ3v) is 3.26. The smallest absolute Gasteiger partial charge is 0.133 e. The molecule has 0 spiro atoms. The van der Waals surface area contributed by atoms with Gasteiger partial charge in [-0.15, -0.1) is 0 Å². The normalized spacial score (nSPS) is 21.9. The number of aliphatic hydroxyl groups excluding tert-OH is 1. The second kappa shape index (κ2) is 4.22. The van der Waals surface area contributed by atoms with Crippen molar-refractivity contribution in [2.75, 3.05) is 6.61 Å². The Morgan fingerprint density at radius 3 is 2.41 bits per heavy atom. The topological polar surface area (TPSA) is 29.5 Å². The summed E-state index contributed by atoms with van der Waals surface area (Å²) in [5.74, 6) is 0.925. The molecule has 1 heterocycles. The fraction of sp³-hybridized carbons (Fsp3) is 0.200. The Bertz CT molecular complexity index is 507. The second-order valence-electron chi connectivity index (χ2n) is 4.28. The number of hydrogen-bond donors (Lipinski definition) is 1. The molecule has 86 valence electrons. The van der Waals surface area contributed by atoms with Gasteiger partial charge in [0.1, 0.15) is 11.9 Å². The van der Waals surface area contributed by atoms with Crippen molar-refractivity contribution >= 4 is 0 Å². The Balaban J connectivity index is 2.00. The summed E-state index contributed by atoms with van der Waals surface area (Å²) >= 11 is 0. The first-order valence-electron chi connectivity index (χ1n) is 5.81. The molecular weight excluding hydrogens is 212 g/mol. The van der Waals surface area contributed by atoms with Crippen LogP contribution in [0.25, 0.3) is 0 Å². The summed E-state index contributed by atoms with van der Waals surface area (Å²) in [7, 11) is 0. The molecule has 1 aliphatic heterocycles. The molecule has 2 aromatic carbocycles. The molecule has 0 aliphatic carbocycles. The van der Waals surface area contributed by atoms with Gasteiger partial charge in [0.15, 0.2) is 0 Å². The summed E-state index contributed by atoms with van der Waals surface area (Å²) in [6.07, 6.45) is -0.0707.